The Morgan fingerprint density at radius 2 is 0.929 bits per heavy atom. The minimum Gasteiger partial charge on any atom is -0.455 e. The van der Waals surface area contributed by atoms with E-state index in [0.29, 0.717) is 17.5 Å². The fourth-order valence-electron chi connectivity index (χ4n) is 8.04. The van der Waals surface area contributed by atoms with Gasteiger partial charge < -0.3 is 8.98 Å². The molecule has 0 radical (unpaired) electrons. The summed E-state index contributed by atoms with van der Waals surface area (Å²) < 4.78 is 8.81. The van der Waals surface area contributed by atoms with Crippen LogP contribution in [0.25, 0.3) is 106 Å². The van der Waals surface area contributed by atoms with E-state index in [1.165, 1.54) is 0 Å². The number of rotatable bonds is 6. The molecule has 0 aliphatic carbocycles. The van der Waals surface area contributed by atoms with Crippen molar-refractivity contribution in [1.29, 1.82) is 0 Å². The topological polar surface area (TPSA) is 56.7 Å². The zero-order valence-electron chi connectivity index (χ0n) is 30.2. The van der Waals surface area contributed by atoms with E-state index < -0.39 is 0 Å². The standard InChI is InChI=1S/C51H32N4O/c1-3-15-33(16-4-1)35-19-13-20-37(31-35)50-52-49(34-17-5-2-6-18-34)53-51(54-50)42-23-8-11-27-45(42)55-44-26-10-7-21-39(44)43-32-36(29-30-46(43)55)38-24-14-25-41-40-22-9-12-28-47(40)56-48(38)41/h1-32H. The average molecular weight is 717 g/mol. The van der Waals surface area contributed by atoms with E-state index in [1.807, 2.05) is 48.5 Å². The first kappa shape index (κ1) is 31.9. The Balaban J connectivity index is 1.10. The van der Waals surface area contributed by atoms with E-state index in [4.69, 9.17) is 19.4 Å². The predicted octanol–water partition coefficient (Wildman–Crippen LogP) is 13.2. The molecule has 0 aliphatic rings. The molecule has 0 aliphatic heterocycles. The van der Waals surface area contributed by atoms with Crippen LogP contribution >= 0.6 is 0 Å². The highest BCUT2D eigenvalue weighted by Crippen LogP contribution is 2.41. The zero-order valence-corrected chi connectivity index (χ0v) is 30.2. The third-order valence-corrected chi connectivity index (χ3v) is 10.7. The molecule has 5 nitrogen and oxygen atoms in total. The molecule has 0 N–H and O–H groups in total. The number of aromatic nitrogens is 4. The molecule has 0 amide bonds. The quantitative estimate of drug-likeness (QED) is 0.172. The fourth-order valence-corrected chi connectivity index (χ4v) is 8.04. The normalized spacial score (nSPS) is 11.6. The summed E-state index contributed by atoms with van der Waals surface area (Å²) in [4.78, 5) is 15.4. The highest BCUT2D eigenvalue weighted by Gasteiger charge is 2.20. The lowest BCUT2D eigenvalue weighted by molar-refractivity contribution is 0.670. The van der Waals surface area contributed by atoms with Crippen LogP contribution in [0.1, 0.15) is 0 Å². The number of nitrogens with zero attached hydrogens (tertiary/aromatic N) is 4. The first-order chi connectivity index (χ1) is 27.8. The number of fused-ring (bicyclic) bond motifs is 6. The Bertz CT molecular complexity index is 3250. The molecule has 3 aromatic heterocycles. The third-order valence-electron chi connectivity index (χ3n) is 10.7. The van der Waals surface area contributed by atoms with Crippen molar-refractivity contribution in [3.8, 4) is 62.1 Å². The summed E-state index contributed by atoms with van der Waals surface area (Å²) >= 11 is 0. The van der Waals surface area contributed by atoms with Gasteiger partial charge in [-0.25, -0.2) is 15.0 Å². The Kier molecular flexibility index (Phi) is 7.42. The van der Waals surface area contributed by atoms with Crippen molar-refractivity contribution in [2.75, 3.05) is 0 Å². The van der Waals surface area contributed by atoms with E-state index in [0.717, 1.165) is 88.4 Å². The summed E-state index contributed by atoms with van der Waals surface area (Å²) in [5, 5.41) is 4.56. The first-order valence-electron chi connectivity index (χ1n) is 18.8. The lowest BCUT2D eigenvalue weighted by atomic mass is 10.0. The van der Waals surface area contributed by atoms with Crippen LogP contribution in [-0.2, 0) is 0 Å². The van der Waals surface area contributed by atoms with Gasteiger partial charge in [0, 0.05) is 43.8 Å². The van der Waals surface area contributed by atoms with Crippen LogP contribution in [0.4, 0.5) is 0 Å². The Hall–Kier alpha value is -7.63. The van der Waals surface area contributed by atoms with E-state index in [-0.39, 0.29) is 0 Å². The van der Waals surface area contributed by atoms with Crippen molar-refractivity contribution in [2.45, 2.75) is 0 Å². The van der Waals surface area contributed by atoms with Crippen LogP contribution in [0.5, 0.6) is 0 Å². The van der Waals surface area contributed by atoms with Gasteiger partial charge in [0.1, 0.15) is 11.2 Å². The van der Waals surface area contributed by atoms with E-state index in [2.05, 4.69) is 150 Å². The molecule has 11 rings (SSSR count). The summed E-state index contributed by atoms with van der Waals surface area (Å²) in [5.74, 6) is 1.85. The van der Waals surface area contributed by atoms with Crippen LogP contribution in [-0.4, -0.2) is 19.5 Å². The Morgan fingerprint density at radius 3 is 1.79 bits per heavy atom. The zero-order chi connectivity index (χ0) is 37.0. The van der Waals surface area contributed by atoms with Gasteiger partial charge in [0.15, 0.2) is 17.5 Å². The molecule has 0 atom stereocenters. The SMILES string of the molecule is c1ccc(-c2cccc(-c3nc(-c4ccccc4)nc(-c4ccccc4-n4c5ccccc5c5cc(-c6cccc7c6oc6ccccc67)ccc54)n3)c2)cc1. The monoisotopic (exact) mass is 716 g/mol. The van der Waals surface area contributed by atoms with Gasteiger partial charge in [0.2, 0.25) is 0 Å². The van der Waals surface area contributed by atoms with Crippen molar-refractivity contribution in [1.82, 2.24) is 19.5 Å². The molecule has 8 aromatic carbocycles. The van der Waals surface area contributed by atoms with Crippen molar-refractivity contribution >= 4 is 43.7 Å². The second-order valence-electron chi connectivity index (χ2n) is 14.0. The Labute approximate surface area is 322 Å². The maximum absolute atomic E-state index is 6.46. The van der Waals surface area contributed by atoms with Crippen molar-refractivity contribution < 1.29 is 4.42 Å². The van der Waals surface area contributed by atoms with Gasteiger partial charge in [0.25, 0.3) is 0 Å². The van der Waals surface area contributed by atoms with Gasteiger partial charge >= 0.3 is 0 Å². The van der Waals surface area contributed by atoms with Gasteiger partial charge in [-0.3, -0.25) is 0 Å². The molecule has 0 saturated heterocycles. The second kappa shape index (κ2) is 13.0. The molecular weight excluding hydrogens is 685 g/mol. The minimum absolute atomic E-state index is 0.605. The number of hydrogen-bond donors (Lipinski definition) is 0. The van der Waals surface area contributed by atoms with Crippen LogP contribution in [0.15, 0.2) is 199 Å². The molecule has 56 heavy (non-hydrogen) atoms. The van der Waals surface area contributed by atoms with Gasteiger partial charge in [-0.2, -0.15) is 0 Å². The van der Waals surface area contributed by atoms with E-state index >= 15 is 0 Å². The van der Waals surface area contributed by atoms with Crippen molar-refractivity contribution in [3.63, 3.8) is 0 Å². The van der Waals surface area contributed by atoms with Crippen LogP contribution in [0.3, 0.4) is 0 Å². The van der Waals surface area contributed by atoms with Crippen molar-refractivity contribution in [3.05, 3.63) is 194 Å². The van der Waals surface area contributed by atoms with E-state index in [1.54, 1.807) is 0 Å². The van der Waals surface area contributed by atoms with Crippen LogP contribution < -0.4 is 0 Å². The second-order valence-corrected chi connectivity index (χ2v) is 14.0. The number of hydrogen-bond acceptors (Lipinski definition) is 4. The fraction of sp³-hybridized carbons (Fsp3) is 0. The average Bonchev–Trinajstić information content (AvgIpc) is 3.82. The van der Waals surface area contributed by atoms with Crippen LogP contribution in [0.2, 0.25) is 0 Å². The molecule has 0 bridgehead atoms. The molecule has 0 saturated carbocycles. The summed E-state index contributed by atoms with van der Waals surface area (Å²) in [6.07, 6.45) is 0. The summed E-state index contributed by atoms with van der Waals surface area (Å²) in [5.41, 5.74) is 12.1. The molecule has 3 heterocycles. The number of benzene rings is 8. The van der Waals surface area contributed by atoms with Gasteiger partial charge in [-0.1, -0.05) is 152 Å². The third kappa shape index (κ3) is 5.29. The van der Waals surface area contributed by atoms with Crippen molar-refractivity contribution in [2.24, 2.45) is 0 Å². The smallest absolute Gasteiger partial charge is 0.166 e. The van der Waals surface area contributed by atoms with Gasteiger partial charge in [-0.05, 0) is 59.2 Å². The maximum Gasteiger partial charge on any atom is 0.166 e. The predicted molar refractivity (Wildman–Crippen MR) is 229 cm³/mol. The maximum atomic E-state index is 6.46. The number of furan rings is 1. The van der Waals surface area contributed by atoms with Gasteiger partial charge in [-0.15, -0.1) is 0 Å². The summed E-state index contributed by atoms with van der Waals surface area (Å²) in [6, 6.07) is 67.4. The summed E-state index contributed by atoms with van der Waals surface area (Å²) in [7, 11) is 0. The van der Waals surface area contributed by atoms with E-state index in [9.17, 15) is 0 Å². The largest absolute Gasteiger partial charge is 0.455 e. The highest BCUT2D eigenvalue weighted by molar-refractivity contribution is 6.13. The lowest BCUT2D eigenvalue weighted by Crippen LogP contribution is -2.03. The number of para-hydroxylation sites is 4. The minimum atomic E-state index is 0.605. The summed E-state index contributed by atoms with van der Waals surface area (Å²) in [6.45, 7) is 0. The molecule has 0 fully saturated rings. The molecule has 0 unspecified atom stereocenters. The highest BCUT2D eigenvalue weighted by atomic mass is 16.3. The lowest BCUT2D eigenvalue weighted by Gasteiger charge is -2.15. The molecule has 0 spiro atoms. The molecule has 5 heteroatoms. The molecule has 11 aromatic rings. The Morgan fingerprint density at radius 1 is 0.339 bits per heavy atom. The molecular formula is C51H32N4O. The van der Waals surface area contributed by atoms with Gasteiger partial charge in [0.05, 0.1) is 16.7 Å². The molecule has 262 valence electrons. The first-order valence-corrected chi connectivity index (χ1v) is 18.8. The van der Waals surface area contributed by atoms with Crippen LogP contribution in [0, 0.1) is 0 Å².